The SMILES string of the molecule is C=C(C)[C@@H](N)CCC(C)=O. The molecule has 0 saturated heterocycles. The maximum Gasteiger partial charge on any atom is 0.129 e. The Balaban J connectivity index is 3.49. The largest absolute Gasteiger partial charge is 0.324 e. The summed E-state index contributed by atoms with van der Waals surface area (Å²) in [4.78, 5) is 10.5. The molecule has 0 bridgehead atoms. The first-order valence-electron chi connectivity index (χ1n) is 3.44. The van der Waals surface area contributed by atoms with Gasteiger partial charge in [-0.3, -0.25) is 0 Å². The molecule has 0 aromatic heterocycles. The number of carbonyl (C=O) groups is 1. The highest BCUT2D eigenvalue weighted by Gasteiger charge is 2.03. The van der Waals surface area contributed by atoms with Crippen molar-refractivity contribution in [3.05, 3.63) is 12.2 Å². The summed E-state index contributed by atoms with van der Waals surface area (Å²) in [5, 5.41) is 0. The molecule has 0 spiro atoms. The van der Waals surface area contributed by atoms with Crippen molar-refractivity contribution in [2.75, 3.05) is 0 Å². The van der Waals surface area contributed by atoms with Crippen LogP contribution in [0, 0.1) is 0 Å². The van der Waals surface area contributed by atoms with Gasteiger partial charge in [-0.05, 0) is 20.3 Å². The Bertz CT molecular complexity index is 140. The van der Waals surface area contributed by atoms with Gasteiger partial charge in [0.15, 0.2) is 0 Å². The second-order valence-corrected chi connectivity index (χ2v) is 2.69. The molecule has 0 fully saturated rings. The van der Waals surface area contributed by atoms with Gasteiger partial charge in [-0.1, -0.05) is 12.2 Å². The van der Waals surface area contributed by atoms with E-state index in [1.165, 1.54) is 0 Å². The predicted molar refractivity (Wildman–Crippen MR) is 42.7 cm³/mol. The molecule has 1 atom stereocenters. The fourth-order valence-electron chi connectivity index (χ4n) is 0.605. The molecule has 0 aliphatic rings. The molecule has 0 amide bonds. The summed E-state index contributed by atoms with van der Waals surface area (Å²) >= 11 is 0. The van der Waals surface area contributed by atoms with E-state index in [2.05, 4.69) is 6.58 Å². The molecular weight excluding hydrogens is 126 g/mol. The zero-order chi connectivity index (χ0) is 8.15. The third-order valence-electron chi connectivity index (χ3n) is 1.44. The van der Waals surface area contributed by atoms with E-state index in [-0.39, 0.29) is 11.8 Å². The molecular formula is C8H15NO. The van der Waals surface area contributed by atoms with E-state index >= 15 is 0 Å². The maximum atomic E-state index is 10.5. The molecule has 0 aromatic carbocycles. The summed E-state index contributed by atoms with van der Waals surface area (Å²) in [5.74, 6) is 0.191. The van der Waals surface area contributed by atoms with E-state index in [1.807, 2.05) is 6.92 Å². The predicted octanol–water partition coefficient (Wildman–Crippen LogP) is 1.26. The van der Waals surface area contributed by atoms with E-state index in [0.717, 1.165) is 12.0 Å². The van der Waals surface area contributed by atoms with Crippen molar-refractivity contribution in [3.63, 3.8) is 0 Å². The fourth-order valence-corrected chi connectivity index (χ4v) is 0.605. The molecule has 2 N–H and O–H groups in total. The molecule has 58 valence electrons. The first-order chi connectivity index (χ1) is 4.54. The Morgan fingerprint density at radius 1 is 1.60 bits per heavy atom. The van der Waals surface area contributed by atoms with Crippen molar-refractivity contribution in [1.82, 2.24) is 0 Å². The molecule has 0 aliphatic carbocycles. The number of rotatable bonds is 4. The van der Waals surface area contributed by atoms with Gasteiger partial charge < -0.3 is 10.5 Å². The number of carbonyl (C=O) groups excluding carboxylic acids is 1. The van der Waals surface area contributed by atoms with E-state index < -0.39 is 0 Å². The topological polar surface area (TPSA) is 43.1 Å². The monoisotopic (exact) mass is 141 g/mol. The van der Waals surface area contributed by atoms with Gasteiger partial charge in [-0.25, -0.2) is 0 Å². The van der Waals surface area contributed by atoms with Gasteiger partial charge in [-0.2, -0.15) is 0 Å². The van der Waals surface area contributed by atoms with Crippen LogP contribution in [0.5, 0.6) is 0 Å². The van der Waals surface area contributed by atoms with Crippen LogP contribution in [0.3, 0.4) is 0 Å². The Morgan fingerprint density at radius 2 is 2.10 bits per heavy atom. The van der Waals surface area contributed by atoms with Gasteiger partial charge in [0.1, 0.15) is 5.78 Å². The lowest BCUT2D eigenvalue weighted by molar-refractivity contribution is -0.117. The Kier molecular flexibility index (Phi) is 3.96. The van der Waals surface area contributed by atoms with Crippen molar-refractivity contribution in [2.24, 2.45) is 5.73 Å². The zero-order valence-corrected chi connectivity index (χ0v) is 6.68. The molecule has 10 heavy (non-hydrogen) atoms. The van der Waals surface area contributed by atoms with Gasteiger partial charge in [0.25, 0.3) is 0 Å². The Labute approximate surface area is 62.1 Å². The molecule has 0 radical (unpaired) electrons. The van der Waals surface area contributed by atoms with Gasteiger partial charge in [0, 0.05) is 12.5 Å². The number of hydrogen-bond donors (Lipinski definition) is 1. The minimum absolute atomic E-state index is 0.0103. The summed E-state index contributed by atoms with van der Waals surface area (Å²) in [6.07, 6.45) is 1.29. The number of ketones is 1. The Morgan fingerprint density at radius 3 is 2.40 bits per heavy atom. The second kappa shape index (κ2) is 4.23. The lowest BCUT2D eigenvalue weighted by atomic mass is 10.1. The average molecular weight is 141 g/mol. The zero-order valence-electron chi connectivity index (χ0n) is 6.68. The summed E-state index contributed by atoms with van der Waals surface area (Å²) in [5.41, 5.74) is 6.56. The number of nitrogens with two attached hydrogens (primary N) is 1. The van der Waals surface area contributed by atoms with Crippen LogP contribution in [0.15, 0.2) is 12.2 Å². The molecule has 0 aromatic rings. The van der Waals surface area contributed by atoms with Gasteiger partial charge >= 0.3 is 0 Å². The maximum absolute atomic E-state index is 10.5. The summed E-state index contributed by atoms with van der Waals surface area (Å²) < 4.78 is 0. The van der Waals surface area contributed by atoms with Crippen LogP contribution in [0.1, 0.15) is 26.7 Å². The first-order valence-corrected chi connectivity index (χ1v) is 3.44. The van der Waals surface area contributed by atoms with Crippen molar-refractivity contribution < 1.29 is 4.79 Å². The molecule has 0 unspecified atom stereocenters. The van der Waals surface area contributed by atoms with E-state index in [1.54, 1.807) is 6.92 Å². The van der Waals surface area contributed by atoms with Crippen LogP contribution in [0.4, 0.5) is 0 Å². The summed E-state index contributed by atoms with van der Waals surface area (Å²) in [6.45, 7) is 7.15. The first kappa shape index (κ1) is 9.37. The van der Waals surface area contributed by atoms with Crippen molar-refractivity contribution >= 4 is 5.78 Å². The van der Waals surface area contributed by atoms with Crippen LogP contribution >= 0.6 is 0 Å². The number of Topliss-reactive ketones (excluding diaryl/α,β-unsaturated/α-hetero) is 1. The minimum Gasteiger partial charge on any atom is -0.324 e. The highest BCUT2D eigenvalue weighted by Crippen LogP contribution is 2.02. The van der Waals surface area contributed by atoms with Gasteiger partial charge in [0.2, 0.25) is 0 Å². The summed E-state index contributed by atoms with van der Waals surface area (Å²) in [6, 6.07) is -0.0103. The lowest BCUT2D eigenvalue weighted by Crippen LogP contribution is -2.21. The molecule has 0 rings (SSSR count). The highest BCUT2D eigenvalue weighted by atomic mass is 16.1. The van der Waals surface area contributed by atoms with Crippen LogP contribution in [-0.4, -0.2) is 11.8 Å². The van der Waals surface area contributed by atoms with E-state index in [9.17, 15) is 4.79 Å². The van der Waals surface area contributed by atoms with Crippen LogP contribution in [-0.2, 0) is 4.79 Å². The fraction of sp³-hybridized carbons (Fsp3) is 0.625. The molecule has 0 heterocycles. The normalized spacial score (nSPS) is 12.7. The van der Waals surface area contributed by atoms with Crippen molar-refractivity contribution in [1.29, 1.82) is 0 Å². The highest BCUT2D eigenvalue weighted by molar-refractivity contribution is 5.75. The van der Waals surface area contributed by atoms with Crippen LogP contribution in [0.25, 0.3) is 0 Å². The smallest absolute Gasteiger partial charge is 0.129 e. The van der Waals surface area contributed by atoms with Gasteiger partial charge in [-0.15, -0.1) is 0 Å². The standard InChI is InChI=1S/C8H15NO/c1-6(2)8(9)5-4-7(3)10/h8H,1,4-5,9H2,2-3H3/t8-/m0/s1. The molecule has 2 heteroatoms. The molecule has 2 nitrogen and oxygen atoms in total. The quantitative estimate of drug-likeness (QED) is 0.599. The Hall–Kier alpha value is -0.630. The average Bonchev–Trinajstić information content (AvgIpc) is 1.82. The van der Waals surface area contributed by atoms with Crippen molar-refractivity contribution in [3.8, 4) is 0 Å². The van der Waals surface area contributed by atoms with E-state index in [0.29, 0.717) is 6.42 Å². The number of hydrogen-bond acceptors (Lipinski definition) is 2. The van der Waals surface area contributed by atoms with Gasteiger partial charge in [0.05, 0.1) is 0 Å². The van der Waals surface area contributed by atoms with Crippen molar-refractivity contribution in [2.45, 2.75) is 32.7 Å². The van der Waals surface area contributed by atoms with Crippen LogP contribution < -0.4 is 5.73 Å². The minimum atomic E-state index is -0.0103. The third kappa shape index (κ3) is 4.27. The molecule has 0 aliphatic heterocycles. The molecule has 0 saturated carbocycles. The van der Waals surface area contributed by atoms with E-state index in [4.69, 9.17) is 5.73 Å². The lowest BCUT2D eigenvalue weighted by Gasteiger charge is -2.08. The second-order valence-electron chi connectivity index (χ2n) is 2.69. The third-order valence-corrected chi connectivity index (χ3v) is 1.44. The summed E-state index contributed by atoms with van der Waals surface area (Å²) in [7, 11) is 0. The van der Waals surface area contributed by atoms with Crippen LogP contribution in [0.2, 0.25) is 0 Å².